The molecule has 1 aromatic heterocycles. The molecule has 2 N–H and O–H groups in total. The maximum absolute atomic E-state index is 9.48. The molecule has 134 valence electrons. The molecule has 2 aliphatic carbocycles. The van der Waals surface area contributed by atoms with Crippen molar-refractivity contribution in [2.75, 3.05) is 5.32 Å². The molecule has 0 saturated heterocycles. The quantitative estimate of drug-likeness (QED) is 0.473. The number of hydrogen-bond acceptors (Lipinski definition) is 3. The summed E-state index contributed by atoms with van der Waals surface area (Å²) < 4.78 is 0. The van der Waals surface area contributed by atoms with Crippen molar-refractivity contribution >= 4 is 34.7 Å². The lowest BCUT2D eigenvalue weighted by Gasteiger charge is -2.22. The second kappa shape index (κ2) is 7.73. The minimum Gasteiger partial charge on any atom is -0.359 e. The topological polar surface area (TPSA) is 60.7 Å². The van der Waals surface area contributed by atoms with Gasteiger partial charge >= 0.3 is 0 Å². The van der Waals surface area contributed by atoms with Crippen LogP contribution in [0, 0.1) is 23.2 Å². The van der Waals surface area contributed by atoms with E-state index in [1.54, 1.807) is 12.4 Å². The number of allylic oxidation sites excluding steroid dienone is 2. The Labute approximate surface area is 164 Å². The smallest absolute Gasteiger partial charge is 0.171 e. The third-order valence-corrected chi connectivity index (χ3v) is 5.41. The highest BCUT2D eigenvalue weighted by Crippen LogP contribution is 2.38. The lowest BCUT2D eigenvalue weighted by atomic mass is 10.0. The number of aromatic nitrogens is 1. The van der Waals surface area contributed by atoms with Gasteiger partial charge < -0.3 is 10.6 Å². The molecule has 1 fully saturated rings. The summed E-state index contributed by atoms with van der Waals surface area (Å²) in [5.74, 6) is 1.32. The molecule has 0 radical (unpaired) electrons. The van der Waals surface area contributed by atoms with Crippen LogP contribution in [0.4, 0.5) is 5.69 Å². The predicted molar refractivity (Wildman–Crippen MR) is 113 cm³/mol. The molecule has 27 heavy (non-hydrogen) atoms. The zero-order chi connectivity index (χ0) is 18.6. The Kier molecular flexibility index (Phi) is 4.99. The molecular formula is C22H20N4S. The summed E-state index contributed by atoms with van der Waals surface area (Å²) in [6, 6.07) is 14.2. The van der Waals surface area contributed by atoms with E-state index in [1.807, 2.05) is 42.5 Å². The Hall–Kier alpha value is -2.97. The van der Waals surface area contributed by atoms with E-state index in [1.165, 1.54) is 6.42 Å². The summed E-state index contributed by atoms with van der Waals surface area (Å²) in [5.41, 5.74) is 3.35. The highest BCUT2D eigenvalue weighted by atomic mass is 32.1. The van der Waals surface area contributed by atoms with Crippen LogP contribution in [0.15, 0.2) is 60.9 Å². The van der Waals surface area contributed by atoms with E-state index in [2.05, 4.69) is 33.8 Å². The molecule has 1 saturated carbocycles. The summed E-state index contributed by atoms with van der Waals surface area (Å²) in [5, 5.41) is 16.8. The lowest BCUT2D eigenvalue weighted by molar-refractivity contribution is 0.526. The van der Waals surface area contributed by atoms with E-state index in [4.69, 9.17) is 12.2 Å². The first-order valence-corrected chi connectivity index (χ1v) is 9.50. The molecule has 4 nitrogen and oxygen atoms in total. The second-order valence-corrected chi connectivity index (χ2v) is 7.42. The van der Waals surface area contributed by atoms with Gasteiger partial charge in [0.1, 0.15) is 0 Å². The van der Waals surface area contributed by atoms with Gasteiger partial charge in [-0.3, -0.25) is 4.98 Å². The van der Waals surface area contributed by atoms with Crippen LogP contribution in [0.5, 0.6) is 0 Å². The van der Waals surface area contributed by atoms with E-state index < -0.39 is 0 Å². The first-order chi connectivity index (χ1) is 13.2. The number of pyridine rings is 1. The third kappa shape index (κ3) is 4.07. The van der Waals surface area contributed by atoms with Crippen LogP contribution in [-0.4, -0.2) is 16.1 Å². The van der Waals surface area contributed by atoms with Gasteiger partial charge in [0.25, 0.3) is 0 Å². The average Bonchev–Trinajstić information content (AvgIpc) is 3.31. The fourth-order valence-corrected chi connectivity index (χ4v) is 4.09. The van der Waals surface area contributed by atoms with E-state index in [9.17, 15) is 5.26 Å². The van der Waals surface area contributed by atoms with Crippen LogP contribution in [0.1, 0.15) is 24.0 Å². The largest absolute Gasteiger partial charge is 0.359 e. The van der Waals surface area contributed by atoms with Crippen molar-refractivity contribution in [3.05, 3.63) is 72.1 Å². The van der Waals surface area contributed by atoms with E-state index >= 15 is 0 Å². The van der Waals surface area contributed by atoms with Crippen molar-refractivity contribution in [3.8, 4) is 6.07 Å². The van der Waals surface area contributed by atoms with Crippen LogP contribution in [0.25, 0.3) is 11.6 Å². The minimum atomic E-state index is 0.438. The summed E-state index contributed by atoms with van der Waals surface area (Å²) >= 11 is 5.47. The third-order valence-electron chi connectivity index (χ3n) is 5.19. The normalized spacial score (nSPS) is 23.1. The van der Waals surface area contributed by atoms with Crippen LogP contribution < -0.4 is 10.6 Å². The lowest BCUT2D eigenvalue weighted by Crippen LogP contribution is -2.40. The Balaban J connectivity index is 1.40. The summed E-state index contributed by atoms with van der Waals surface area (Å²) in [4.78, 5) is 4.00. The highest BCUT2D eigenvalue weighted by Gasteiger charge is 2.35. The van der Waals surface area contributed by atoms with E-state index in [0.29, 0.717) is 28.6 Å². The molecule has 2 aromatic rings. The summed E-state index contributed by atoms with van der Waals surface area (Å²) in [7, 11) is 0. The maximum Gasteiger partial charge on any atom is 0.171 e. The number of nitriles is 1. The molecule has 1 heterocycles. The van der Waals surface area contributed by atoms with Crippen molar-refractivity contribution in [3.63, 3.8) is 0 Å². The summed E-state index contributed by atoms with van der Waals surface area (Å²) in [6.45, 7) is 0. The minimum absolute atomic E-state index is 0.438. The number of hydrogen-bond donors (Lipinski definition) is 2. The molecule has 0 unspecified atom stereocenters. The van der Waals surface area contributed by atoms with Crippen LogP contribution in [-0.2, 0) is 0 Å². The fourth-order valence-electron chi connectivity index (χ4n) is 3.82. The van der Waals surface area contributed by atoms with Gasteiger partial charge in [0, 0.05) is 24.1 Å². The van der Waals surface area contributed by atoms with Crippen LogP contribution >= 0.6 is 12.2 Å². The van der Waals surface area contributed by atoms with Crippen molar-refractivity contribution < 1.29 is 0 Å². The number of fused-ring (bicyclic) bond motifs is 2. The molecule has 1 aromatic carbocycles. The number of benzene rings is 1. The molecular weight excluding hydrogens is 352 g/mol. The number of anilines is 1. The predicted octanol–water partition coefficient (Wildman–Crippen LogP) is 4.40. The van der Waals surface area contributed by atoms with Crippen molar-refractivity contribution in [1.29, 1.82) is 5.26 Å². The average molecular weight is 372 g/mol. The number of thiocarbonyl (C=S) groups is 1. The standard InChI is InChI=1S/C22H20N4S/c23-14-19(11-15-7-9-24-10-8-15)17-3-5-20(6-4-17)25-22(27)26-21-13-16-1-2-18(21)12-16/h1-11,16,18,21H,12-13H2,(H2,25,26,27)/b19-11+/t16-,18+,21+/m0/s1. The molecule has 0 aliphatic heterocycles. The van der Waals surface area contributed by atoms with E-state index in [-0.39, 0.29) is 0 Å². The fraction of sp³-hybridized carbons (Fsp3) is 0.227. The van der Waals surface area contributed by atoms with Gasteiger partial charge in [0.2, 0.25) is 0 Å². The van der Waals surface area contributed by atoms with Gasteiger partial charge in [-0.2, -0.15) is 5.26 Å². The number of nitrogens with one attached hydrogen (secondary N) is 2. The van der Waals surface area contributed by atoms with Gasteiger partial charge in [-0.15, -0.1) is 0 Å². The molecule has 2 aliphatic rings. The van der Waals surface area contributed by atoms with Crippen LogP contribution in [0.2, 0.25) is 0 Å². The van der Waals surface area contributed by atoms with Crippen molar-refractivity contribution in [2.45, 2.75) is 18.9 Å². The number of rotatable bonds is 4. The molecule has 2 bridgehead atoms. The first-order valence-electron chi connectivity index (χ1n) is 9.09. The summed E-state index contributed by atoms with van der Waals surface area (Å²) in [6.07, 6.45) is 12.3. The number of nitrogens with zero attached hydrogens (tertiary/aromatic N) is 2. The van der Waals surface area contributed by atoms with E-state index in [0.717, 1.165) is 23.2 Å². The van der Waals surface area contributed by atoms with Gasteiger partial charge in [-0.1, -0.05) is 24.3 Å². The van der Waals surface area contributed by atoms with Gasteiger partial charge in [-0.05, 0) is 78.4 Å². The first kappa shape index (κ1) is 17.4. The molecule has 5 heteroatoms. The zero-order valence-corrected chi connectivity index (χ0v) is 15.6. The second-order valence-electron chi connectivity index (χ2n) is 7.01. The van der Waals surface area contributed by atoms with Gasteiger partial charge in [0.15, 0.2) is 5.11 Å². The van der Waals surface area contributed by atoms with Crippen molar-refractivity contribution in [1.82, 2.24) is 10.3 Å². The highest BCUT2D eigenvalue weighted by molar-refractivity contribution is 7.80. The monoisotopic (exact) mass is 372 g/mol. The molecule has 0 amide bonds. The Morgan fingerprint density at radius 1 is 1.11 bits per heavy atom. The Morgan fingerprint density at radius 2 is 1.89 bits per heavy atom. The molecule has 0 spiro atoms. The Bertz CT molecular complexity index is 925. The Morgan fingerprint density at radius 3 is 2.52 bits per heavy atom. The molecule has 4 rings (SSSR count). The zero-order valence-electron chi connectivity index (χ0n) is 14.8. The maximum atomic E-state index is 9.48. The van der Waals surface area contributed by atoms with Gasteiger partial charge in [-0.25, -0.2) is 0 Å². The van der Waals surface area contributed by atoms with Gasteiger partial charge in [0.05, 0.1) is 11.6 Å². The SMILES string of the molecule is N#C/C(=C\c1ccncc1)c1ccc(NC(=S)N[C@@H]2C[C@H]3C=C[C@@H]2C3)cc1. The van der Waals surface area contributed by atoms with Crippen molar-refractivity contribution in [2.24, 2.45) is 11.8 Å². The van der Waals surface area contributed by atoms with Crippen LogP contribution in [0.3, 0.4) is 0 Å². The molecule has 3 atom stereocenters.